The van der Waals surface area contributed by atoms with E-state index in [1.165, 1.54) is 5.69 Å². The second kappa shape index (κ2) is 8.12. The number of rotatable bonds is 3. The first-order valence-electron chi connectivity index (χ1n) is 9.97. The highest BCUT2D eigenvalue weighted by Gasteiger charge is 2.24. The minimum Gasteiger partial charge on any atom is -0.478 e. The molecule has 1 N–H and O–H groups in total. The van der Waals surface area contributed by atoms with Crippen LogP contribution in [0.25, 0.3) is 0 Å². The highest BCUT2D eigenvalue weighted by Crippen LogP contribution is 2.48. The van der Waals surface area contributed by atoms with E-state index in [4.69, 9.17) is 4.99 Å². The van der Waals surface area contributed by atoms with Gasteiger partial charge in [-0.1, -0.05) is 7.66 Å². The summed E-state index contributed by atoms with van der Waals surface area (Å²) in [6.07, 6.45) is 0. The van der Waals surface area contributed by atoms with Crippen molar-refractivity contribution < 1.29 is 9.90 Å². The third kappa shape index (κ3) is 3.62. The van der Waals surface area contributed by atoms with Crippen LogP contribution in [0.3, 0.4) is 0 Å². The summed E-state index contributed by atoms with van der Waals surface area (Å²) in [5, 5.41) is 10.9. The topological polar surface area (TPSA) is 59.4 Å². The molecule has 2 aliphatic rings. The van der Waals surface area contributed by atoms with Gasteiger partial charge in [0, 0.05) is 50.9 Å². The van der Waals surface area contributed by atoms with Crippen molar-refractivity contribution in [2.45, 2.75) is 18.7 Å². The average molecular weight is 538 g/mol. The quantitative estimate of drug-likeness (QED) is 0.473. The van der Waals surface area contributed by atoms with Crippen LogP contribution >= 0.6 is 28.9 Å². The number of likely N-dealkylation sites (N-methyl/N-ethyl adjacent to an activating group) is 1. The van der Waals surface area contributed by atoms with E-state index in [0.717, 1.165) is 63.4 Å². The first kappa shape index (κ1) is 21.6. The standard InChI is InChI=1S/C22H27IN4O2S/c1-13-10-15(27-8-6-26(5)7-9-27)12-17-19(13)24-20-14(2)11-16(25(3)4)18(22(28)29)21(20)30(17)23/h10-12H,6-9H2,1-5H3,(H,28,29). The molecular weight excluding hydrogens is 511 g/mol. The van der Waals surface area contributed by atoms with E-state index < -0.39 is 13.6 Å². The van der Waals surface area contributed by atoms with Crippen LogP contribution in [0.5, 0.6) is 0 Å². The van der Waals surface area contributed by atoms with Gasteiger partial charge in [0.15, 0.2) is 0 Å². The summed E-state index contributed by atoms with van der Waals surface area (Å²) in [6.45, 7) is 8.24. The van der Waals surface area contributed by atoms with Gasteiger partial charge in [-0.2, -0.15) is 0 Å². The van der Waals surface area contributed by atoms with Gasteiger partial charge in [0.1, 0.15) is 0 Å². The molecule has 2 aliphatic heterocycles. The van der Waals surface area contributed by atoms with Gasteiger partial charge < -0.3 is 19.8 Å². The number of hydrogen-bond donors (Lipinski definition) is 1. The van der Waals surface area contributed by atoms with Crippen LogP contribution in [-0.2, 0) is 0 Å². The predicted octanol–water partition coefficient (Wildman–Crippen LogP) is 4.01. The Kier molecular flexibility index (Phi) is 5.84. The number of aryl methyl sites for hydroxylation is 2. The number of carboxylic acids is 1. The summed E-state index contributed by atoms with van der Waals surface area (Å²) in [5.41, 5.74) is 5.48. The summed E-state index contributed by atoms with van der Waals surface area (Å²) in [4.78, 5) is 25.1. The summed E-state index contributed by atoms with van der Waals surface area (Å²) in [6, 6.07) is 6.41. The molecular formula is C22H27IN4O2S. The smallest absolute Gasteiger partial charge is 0.339 e. The lowest BCUT2D eigenvalue weighted by Crippen LogP contribution is -2.44. The van der Waals surface area contributed by atoms with Crippen molar-refractivity contribution in [1.82, 2.24) is 4.90 Å². The van der Waals surface area contributed by atoms with Crippen molar-refractivity contribution in [3.8, 4) is 0 Å². The SMILES string of the molecule is Cc1cc(N2CCN(C)CC2)cc2c1N=c1c(C)cc(N(C)C)c(C(=O)O)c1=S2I. The molecule has 1 unspecified atom stereocenters. The first-order valence-corrected chi connectivity index (χ1v) is 13.7. The lowest BCUT2D eigenvalue weighted by atomic mass is 10.1. The Hall–Kier alpha value is -1.65. The fraction of sp³-hybridized carbons (Fsp3) is 0.409. The van der Waals surface area contributed by atoms with Crippen molar-refractivity contribution in [3.63, 3.8) is 0 Å². The second-order valence-corrected chi connectivity index (χ2v) is 12.2. The van der Waals surface area contributed by atoms with Gasteiger partial charge in [-0.3, -0.25) is 0 Å². The van der Waals surface area contributed by atoms with Gasteiger partial charge in [0.25, 0.3) is 0 Å². The molecule has 2 aromatic carbocycles. The van der Waals surface area contributed by atoms with E-state index in [9.17, 15) is 9.90 Å². The summed E-state index contributed by atoms with van der Waals surface area (Å²) in [5.74, 6) is -0.894. The lowest BCUT2D eigenvalue weighted by Gasteiger charge is -2.34. The number of aromatic carboxylic acids is 1. The molecule has 0 aromatic heterocycles. The third-order valence-corrected chi connectivity index (χ3v) is 10.0. The maximum Gasteiger partial charge on any atom is 0.339 e. The van der Waals surface area contributed by atoms with Crippen LogP contribution in [0.4, 0.5) is 17.1 Å². The Morgan fingerprint density at radius 3 is 2.40 bits per heavy atom. The van der Waals surface area contributed by atoms with E-state index in [0.29, 0.717) is 5.56 Å². The third-order valence-electron chi connectivity index (χ3n) is 5.84. The molecule has 160 valence electrons. The molecule has 6 nitrogen and oxygen atoms in total. The molecule has 8 heteroatoms. The normalized spacial score (nSPS) is 18.5. The van der Waals surface area contributed by atoms with Crippen molar-refractivity contribution in [2.75, 3.05) is 57.1 Å². The molecule has 1 atom stereocenters. The van der Waals surface area contributed by atoms with Crippen molar-refractivity contribution in [2.24, 2.45) is 4.99 Å². The highest BCUT2D eigenvalue weighted by atomic mass is 127. The largest absolute Gasteiger partial charge is 0.478 e. The zero-order chi connectivity index (χ0) is 21.7. The molecule has 1 saturated heterocycles. The minimum atomic E-state index is -0.894. The van der Waals surface area contributed by atoms with Gasteiger partial charge in [-0.05, 0) is 71.4 Å². The fourth-order valence-electron chi connectivity index (χ4n) is 4.11. The molecule has 0 saturated carbocycles. The minimum absolute atomic E-state index is 0.371. The average Bonchev–Trinajstić information content (AvgIpc) is 2.69. The zero-order valence-corrected chi connectivity index (χ0v) is 21.0. The number of anilines is 2. The summed E-state index contributed by atoms with van der Waals surface area (Å²) >= 11 is 2.42. The Balaban J connectivity index is 1.99. The Morgan fingerprint density at radius 2 is 1.80 bits per heavy atom. The van der Waals surface area contributed by atoms with Crippen molar-refractivity contribution in [3.05, 3.63) is 44.8 Å². The number of fused-ring (bicyclic) bond motifs is 2. The van der Waals surface area contributed by atoms with Crippen LogP contribution in [-0.4, -0.2) is 63.3 Å². The van der Waals surface area contributed by atoms with E-state index in [1.807, 2.05) is 32.0 Å². The number of piperazine rings is 1. The maximum absolute atomic E-state index is 12.3. The number of carboxylic acid groups (broad SMARTS) is 1. The number of carbonyl (C=O) groups is 1. The van der Waals surface area contributed by atoms with Gasteiger partial charge >= 0.3 is 5.97 Å². The van der Waals surface area contributed by atoms with Crippen LogP contribution < -0.4 is 15.2 Å². The lowest BCUT2D eigenvalue weighted by molar-refractivity contribution is 0.0697. The first-order chi connectivity index (χ1) is 14.2. The maximum atomic E-state index is 12.3. The zero-order valence-electron chi connectivity index (χ0n) is 18.0. The van der Waals surface area contributed by atoms with E-state index in [-0.39, 0.29) is 0 Å². The van der Waals surface area contributed by atoms with E-state index in [2.05, 4.69) is 57.1 Å². The van der Waals surface area contributed by atoms with Crippen molar-refractivity contribution in [1.29, 1.82) is 0 Å². The molecule has 4 rings (SSSR count). The Morgan fingerprint density at radius 1 is 1.13 bits per heavy atom. The number of nitrogens with zero attached hydrogens (tertiary/aromatic N) is 4. The van der Waals surface area contributed by atoms with Crippen LogP contribution in [0, 0.1) is 18.4 Å². The molecule has 2 aromatic rings. The van der Waals surface area contributed by atoms with E-state index >= 15 is 0 Å². The van der Waals surface area contributed by atoms with Gasteiger partial charge in [-0.25, -0.2) is 9.79 Å². The van der Waals surface area contributed by atoms with Gasteiger partial charge in [0.05, 0.1) is 26.8 Å². The monoisotopic (exact) mass is 538 g/mol. The molecule has 0 spiro atoms. The molecule has 1 fully saturated rings. The number of hydrogen-bond acceptors (Lipinski definition) is 5. The molecule has 0 aliphatic carbocycles. The van der Waals surface area contributed by atoms with Crippen LogP contribution in [0.1, 0.15) is 21.5 Å². The Bertz CT molecular complexity index is 1170. The molecule has 0 amide bonds. The summed E-state index contributed by atoms with van der Waals surface area (Å²) < 4.78 is 0.842. The molecule has 2 heterocycles. The second-order valence-electron chi connectivity index (χ2n) is 8.23. The Labute approximate surface area is 191 Å². The number of benzene rings is 2. The molecule has 0 radical (unpaired) electrons. The summed E-state index contributed by atoms with van der Waals surface area (Å²) in [7, 11) is 5.53. The van der Waals surface area contributed by atoms with Crippen molar-refractivity contribution >= 4 is 51.9 Å². The van der Waals surface area contributed by atoms with E-state index in [1.54, 1.807) is 0 Å². The molecule has 30 heavy (non-hydrogen) atoms. The van der Waals surface area contributed by atoms with Gasteiger partial charge in [0.2, 0.25) is 0 Å². The number of halogens is 1. The van der Waals surface area contributed by atoms with Gasteiger partial charge in [-0.15, -0.1) is 0 Å². The predicted molar refractivity (Wildman–Crippen MR) is 133 cm³/mol. The van der Waals surface area contributed by atoms with Crippen LogP contribution in [0.2, 0.25) is 0 Å². The highest BCUT2D eigenvalue weighted by molar-refractivity contribution is 14.2. The fourth-order valence-corrected chi connectivity index (χ4v) is 7.97. The van der Waals surface area contributed by atoms with Crippen LogP contribution in [0.15, 0.2) is 28.1 Å². The molecule has 0 bridgehead atoms.